The van der Waals surface area contributed by atoms with Gasteiger partial charge in [0.25, 0.3) is 0 Å². The Balaban J connectivity index is 1.25. The van der Waals surface area contributed by atoms with Gasteiger partial charge in [-0.25, -0.2) is 9.67 Å². The maximum absolute atomic E-state index is 6.55. The molecule has 0 aliphatic heterocycles. The Morgan fingerprint density at radius 3 is 2.21 bits per heavy atom. The lowest BCUT2D eigenvalue weighted by Crippen LogP contribution is -2.02. The summed E-state index contributed by atoms with van der Waals surface area (Å²) >= 11 is 0. The summed E-state index contributed by atoms with van der Waals surface area (Å²) in [5.74, 6) is 2.85. The minimum atomic E-state index is 0.412. The first kappa shape index (κ1) is 31.4. The molecule has 5 heteroatoms. The minimum absolute atomic E-state index is 0.412. The summed E-state index contributed by atoms with van der Waals surface area (Å²) in [5.41, 5.74) is 12.6. The molecule has 0 radical (unpaired) electrons. The summed E-state index contributed by atoms with van der Waals surface area (Å²) in [7, 11) is 0. The Labute approximate surface area is 283 Å². The number of aromatic nitrogens is 4. The molecular formula is C43H44N4O. The van der Waals surface area contributed by atoms with E-state index in [1.54, 1.807) is 0 Å². The van der Waals surface area contributed by atoms with E-state index in [1.807, 2.05) is 29.2 Å². The molecular weight excluding hydrogens is 589 g/mol. The second kappa shape index (κ2) is 13.2. The summed E-state index contributed by atoms with van der Waals surface area (Å²) in [5, 5.41) is 7.22. The molecule has 3 heterocycles. The van der Waals surface area contributed by atoms with Crippen LogP contribution in [0.15, 0.2) is 104 Å². The van der Waals surface area contributed by atoms with E-state index < -0.39 is 0 Å². The van der Waals surface area contributed by atoms with Crippen molar-refractivity contribution >= 4 is 21.8 Å². The van der Waals surface area contributed by atoms with Gasteiger partial charge in [-0.05, 0) is 108 Å². The molecule has 0 unspecified atom stereocenters. The molecule has 0 amide bonds. The highest BCUT2D eigenvalue weighted by Crippen LogP contribution is 2.37. The molecule has 0 N–H and O–H groups in total. The van der Waals surface area contributed by atoms with E-state index in [9.17, 15) is 0 Å². The minimum Gasteiger partial charge on any atom is -0.457 e. The van der Waals surface area contributed by atoms with E-state index in [4.69, 9.17) is 14.8 Å². The van der Waals surface area contributed by atoms with Gasteiger partial charge in [-0.2, -0.15) is 5.10 Å². The van der Waals surface area contributed by atoms with E-state index in [1.165, 1.54) is 49.7 Å². The zero-order valence-electron chi connectivity index (χ0n) is 28.9. The second-order valence-electron chi connectivity index (χ2n) is 13.2. The van der Waals surface area contributed by atoms with Gasteiger partial charge < -0.3 is 4.74 Å². The van der Waals surface area contributed by atoms with Gasteiger partial charge in [-0.3, -0.25) is 4.57 Å². The number of para-hydroxylation sites is 1. The van der Waals surface area contributed by atoms with Crippen LogP contribution >= 0.6 is 0 Å². The van der Waals surface area contributed by atoms with Gasteiger partial charge in [0.2, 0.25) is 0 Å². The van der Waals surface area contributed by atoms with Crippen molar-refractivity contribution in [1.82, 2.24) is 19.3 Å². The molecule has 0 fully saturated rings. The second-order valence-corrected chi connectivity index (χ2v) is 13.2. The first-order valence-corrected chi connectivity index (χ1v) is 17.3. The maximum atomic E-state index is 6.55. The summed E-state index contributed by atoms with van der Waals surface area (Å²) in [4.78, 5) is 4.80. The van der Waals surface area contributed by atoms with Crippen LogP contribution in [-0.4, -0.2) is 19.3 Å². The highest BCUT2D eigenvalue weighted by Gasteiger charge is 2.18. The number of hydrogen-bond acceptors (Lipinski definition) is 3. The molecule has 242 valence electrons. The molecule has 0 atom stereocenters. The number of nitrogens with zero attached hydrogens (tertiary/aromatic N) is 4. The molecule has 0 aliphatic carbocycles. The van der Waals surface area contributed by atoms with Gasteiger partial charge in [0.1, 0.15) is 17.3 Å². The lowest BCUT2D eigenvalue weighted by atomic mass is 9.86. The molecule has 48 heavy (non-hydrogen) atoms. The number of ether oxygens (including phenoxy) is 1. The van der Waals surface area contributed by atoms with Crippen LogP contribution < -0.4 is 4.74 Å². The Hall–Kier alpha value is -5.16. The zero-order valence-corrected chi connectivity index (χ0v) is 28.9. The van der Waals surface area contributed by atoms with E-state index in [-0.39, 0.29) is 0 Å². The molecule has 4 aromatic carbocycles. The molecule has 3 aromatic heterocycles. The smallest absolute Gasteiger partial charge is 0.137 e. The van der Waals surface area contributed by atoms with Crippen molar-refractivity contribution in [3.8, 4) is 34.1 Å². The van der Waals surface area contributed by atoms with Crippen molar-refractivity contribution < 1.29 is 4.74 Å². The van der Waals surface area contributed by atoms with Crippen molar-refractivity contribution in [3.05, 3.63) is 131 Å². The topological polar surface area (TPSA) is 44.9 Å². The van der Waals surface area contributed by atoms with Crippen LogP contribution in [0.2, 0.25) is 0 Å². The molecule has 0 aliphatic rings. The number of aryl methyl sites for hydroxylation is 2. The largest absolute Gasteiger partial charge is 0.457 e. The van der Waals surface area contributed by atoms with Crippen LogP contribution in [0.25, 0.3) is 44.4 Å². The Bertz CT molecular complexity index is 2220. The van der Waals surface area contributed by atoms with Gasteiger partial charge in [-0.15, -0.1) is 0 Å². The summed E-state index contributed by atoms with van der Waals surface area (Å²) in [6.07, 6.45) is 10.5. The highest BCUT2D eigenvalue weighted by molar-refractivity contribution is 6.09. The first-order chi connectivity index (χ1) is 23.4. The van der Waals surface area contributed by atoms with Crippen molar-refractivity contribution in [2.24, 2.45) is 0 Å². The fourth-order valence-electron chi connectivity index (χ4n) is 7.16. The van der Waals surface area contributed by atoms with Gasteiger partial charge in [0, 0.05) is 40.9 Å². The van der Waals surface area contributed by atoms with E-state index in [0.717, 1.165) is 59.7 Å². The molecule has 0 spiro atoms. The predicted molar refractivity (Wildman–Crippen MR) is 199 cm³/mol. The fourth-order valence-corrected chi connectivity index (χ4v) is 7.16. The Morgan fingerprint density at radius 1 is 0.729 bits per heavy atom. The molecule has 0 bridgehead atoms. The van der Waals surface area contributed by atoms with Gasteiger partial charge in [0.05, 0.1) is 22.9 Å². The van der Waals surface area contributed by atoms with Crippen LogP contribution in [0, 0.1) is 13.8 Å². The highest BCUT2D eigenvalue weighted by atomic mass is 16.5. The van der Waals surface area contributed by atoms with Gasteiger partial charge >= 0.3 is 0 Å². The van der Waals surface area contributed by atoms with Crippen LogP contribution in [0.5, 0.6) is 11.5 Å². The van der Waals surface area contributed by atoms with Crippen LogP contribution in [0.1, 0.15) is 74.3 Å². The van der Waals surface area contributed by atoms with Crippen molar-refractivity contribution in [3.63, 3.8) is 0 Å². The Kier molecular flexibility index (Phi) is 8.62. The van der Waals surface area contributed by atoms with Crippen molar-refractivity contribution in [2.45, 2.75) is 73.1 Å². The third kappa shape index (κ3) is 5.79. The van der Waals surface area contributed by atoms with Gasteiger partial charge in [-0.1, -0.05) is 70.9 Å². The number of rotatable bonds is 10. The normalized spacial score (nSPS) is 11.6. The predicted octanol–water partition coefficient (Wildman–Crippen LogP) is 11.5. The number of pyridine rings is 1. The SMILES string of the molecule is CCCc1c(C)cc(C)c(CCC)c1-c1cnn(-c2cccc(Oc3ccc4c5ccccc5n(-c5cc(C(C)C)ccn5)c4c3)c2)c1. The number of benzene rings is 4. The number of fused-ring (bicyclic) bond motifs is 3. The monoisotopic (exact) mass is 632 g/mol. The van der Waals surface area contributed by atoms with Crippen LogP contribution in [0.3, 0.4) is 0 Å². The van der Waals surface area contributed by atoms with Crippen molar-refractivity contribution in [1.29, 1.82) is 0 Å². The third-order valence-electron chi connectivity index (χ3n) is 9.49. The first-order valence-electron chi connectivity index (χ1n) is 17.3. The summed E-state index contributed by atoms with van der Waals surface area (Å²) in [6.45, 7) is 13.4. The average Bonchev–Trinajstić information content (AvgIpc) is 3.70. The molecule has 0 saturated heterocycles. The Morgan fingerprint density at radius 2 is 1.46 bits per heavy atom. The standard InChI is InChI=1S/C43H44N4O/c1-7-12-36-29(5)22-30(6)37(13-8-2)43(36)32-26-45-46(27-32)33-14-11-15-34(24-33)48-35-18-19-39-38-16-9-10-17-40(38)47(41(39)25-35)42-23-31(28(3)4)20-21-44-42/h9-11,14-28H,7-8,12-13H2,1-6H3. The molecule has 7 aromatic rings. The average molecular weight is 633 g/mol. The quantitative estimate of drug-likeness (QED) is 0.151. The number of hydrogen-bond donors (Lipinski definition) is 0. The van der Waals surface area contributed by atoms with Gasteiger partial charge in [0.15, 0.2) is 0 Å². The summed E-state index contributed by atoms with van der Waals surface area (Å²) < 4.78 is 10.8. The van der Waals surface area contributed by atoms with Crippen LogP contribution in [-0.2, 0) is 12.8 Å². The molecule has 0 saturated carbocycles. The lowest BCUT2D eigenvalue weighted by Gasteiger charge is -2.19. The third-order valence-corrected chi connectivity index (χ3v) is 9.49. The maximum Gasteiger partial charge on any atom is 0.137 e. The fraction of sp³-hybridized carbons (Fsp3) is 0.256. The van der Waals surface area contributed by atoms with Crippen LogP contribution in [0.4, 0.5) is 0 Å². The molecule has 5 nitrogen and oxygen atoms in total. The van der Waals surface area contributed by atoms with E-state index in [0.29, 0.717) is 5.92 Å². The summed E-state index contributed by atoms with van der Waals surface area (Å²) in [6, 6.07) is 29.7. The molecule has 7 rings (SSSR count). The lowest BCUT2D eigenvalue weighted by molar-refractivity contribution is 0.483. The van der Waals surface area contributed by atoms with E-state index >= 15 is 0 Å². The van der Waals surface area contributed by atoms with Crippen molar-refractivity contribution in [2.75, 3.05) is 0 Å². The van der Waals surface area contributed by atoms with E-state index in [2.05, 4.69) is 125 Å². The zero-order chi connectivity index (χ0) is 33.4.